The molecule has 1 heterocycles. The SMILES string of the molecule is CC1CNC(C)(C2CCCCC2)SC1. The first-order chi connectivity index (χ1) is 6.71. The minimum Gasteiger partial charge on any atom is -0.303 e. The first kappa shape index (κ1) is 10.8. The molecule has 2 atom stereocenters. The van der Waals surface area contributed by atoms with E-state index in [2.05, 4.69) is 30.9 Å². The number of nitrogens with one attached hydrogen (secondary N) is 1. The van der Waals surface area contributed by atoms with E-state index < -0.39 is 0 Å². The molecule has 82 valence electrons. The monoisotopic (exact) mass is 213 g/mol. The summed E-state index contributed by atoms with van der Waals surface area (Å²) in [5.74, 6) is 3.13. The Morgan fingerprint density at radius 1 is 1.21 bits per heavy atom. The van der Waals surface area contributed by atoms with E-state index in [0.717, 1.165) is 11.8 Å². The Kier molecular flexibility index (Phi) is 3.43. The molecule has 2 heteroatoms. The Hall–Kier alpha value is 0.310. The van der Waals surface area contributed by atoms with Gasteiger partial charge in [-0.15, -0.1) is 11.8 Å². The number of rotatable bonds is 1. The van der Waals surface area contributed by atoms with Crippen LogP contribution in [0.3, 0.4) is 0 Å². The van der Waals surface area contributed by atoms with Gasteiger partial charge in [0.1, 0.15) is 0 Å². The summed E-state index contributed by atoms with van der Waals surface area (Å²) in [6.07, 6.45) is 7.28. The van der Waals surface area contributed by atoms with E-state index in [1.165, 1.54) is 44.4 Å². The Labute approximate surface area is 92.4 Å². The quantitative estimate of drug-likeness (QED) is 0.717. The van der Waals surface area contributed by atoms with Crippen LogP contribution in [0, 0.1) is 11.8 Å². The summed E-state index contributed by atoms with van der Waals surface area (Å²) in [7, 11) is 0. The fourth-order valence-electron chi connectivity index (χ4n) is 2.72. The van der Waals surface area contributed by atoms with E-state index in [-0.39, 0.29) is 0 Å². The third kappa shape index (κ3) is 2.27. The largest absolute Gasteiger partial charge is 0.303 e. The molecule has 0 amide bonds. The van der Waals surface area contributed by atoms with Gasteiger partial charge in [0.15, 0.2) is 0 Å². The Morgan fingerprint density at radius 3 is 2.50 bits per heavy atom. The average Bonchev–Trinajstić information content (AvgIpc) is 2.24. The van der Waals surface area contributed by atoms with E-state index in [1.54, 1.807) is 0 Å². The van der Waals surface area contributed by atoms with Crippen LogP contribution < -0.4 is 5.32 Å². The molecular formula is C12H23NS. The molecule has 1 saturated carbocycles. The maximum atomic E-state index is 3.78. The minimum absolute atomic E-state index is 0.396. The van der Waals surface area contributed by atoms with Crippen LogP contribution in [-0.2, 0) is 0 Å². The van der Waals surface area contributed by atoms with E-state index >= 15 is 0 Å². The van der Waals surface area contributed by atoms with Gasteiger partial charge in [0.05, 0.1) is 4.87 Å². The first-order valence-corrected chi connectivity index (χ1v) is 7.08. The lowest BCUT2D eigenvalue weighted by Crippen LogP contribution is -2.51. The van der Waals surface area contributed by atoms with Crippen LogP contribution in [0.2, 0.25) is 0 Å². The molecule has 1 aliphatic heterocycles. The fraction of sp³-hybridized carbons (Fsp3) is 1.00. The van der Waals surface area contributed by atoms with Crippen molar-refractivity contribution in [2.24, 2.45) is 11.8 Å². The van der Waals surface area contributed by atoms with Crippen LogP contribution in [0.5, 0.6) is 0 Å². The summed E-state index contributed by atoms with van der Waals surface area (Å²) < 4.78 is 0. The van der Waals surface area contributed by atoms with Gasteiger partial charge >= 0.3 is 0 Å². The van der Waals surface area contributed by atoms with Gasteiger partial charge in [-0.3, -0.25) is 0 Å². The summed E-state index contributed by atoms with van der Waals surface area (Å²) in [6.45, 7) is 6.00. The summed E-state index contributed by atoms with van der Waals surface area (Å²) >= 11 is 2.17. The van der Waals surface area contributed by atoms with Crippen molar-refractivity contribution >= 4 is 11.8 Å². The summed E-state index contributed by atoms with van der Waals surface area (Å²) in [5.41, 5.74) is 0. The van der Waals surface area contributed by atoms with Crippen molar-refractivity contribution in [3.63, 3.8) is 0 Å². The van der Waals surface area contributed by atoms with Crippen molar-refractivity contribution in [3.05, 3.63) is 0 Å². The molecule has 0 spiro atoms. The van der Waals surface area contributed by atoms with Crippen LogP contribution >= 0.6 is 11.8 Å². The molecule has 0 bridgehead atoms. The summed E-state index contributed by atoms with van der Waals surface area (Å²) in [4.78, 5) is 0.396. The van der Waals surface area contributed by atoms with Gasteiger partial charge in [-0.25, -0.2) is 0 Å². The normalized spacial score (nSPS) is 41.1. The van der Waals surface area contributed by atoms with Crippen molar-refractivity contribution in [1.29, 1.82) is 0 Å². The summed E-state index contributed by atoms with van der Waals surface area (Å²) in [5, 5.41) is 3.78. The van der Waals surface area contributed by atoms with Crippen LogP contribution in [0.15, 0.2) is 0 Å². The van der Waals surface area contributed by atoms with Crippen LogP contribution in [0.1, 0.15) is 46.0 Å². The lowest BCUT2D eigenvalue weighted by molar-refractivity contribution is 0.244. The van der Waals surface area contributed by atoms with Crippen LogP contribution in [0.4, 0.5) is 0 Å². The number of hydrogen-bond acceptors (Lipinski definition) is 2. The molecule has 1 N–H and O–H groups in total. The first-order valence-electron chi connectivity index (χ1n) is 6.10. The van der Waals surface area contributed by atoms with Gasteiger partial charge in [-0.05, 0) is 43.9 Å². The molecule has 0 aromatic heterocycles. The second-order valence-corrected chi connectivity index (χ2v) is 6.71. The second kappa shape index (κ2) is 4.44. The van der Waals surface area contributed by atoms with E-state index in [1.807, 2.05) is 0 Å². The fourth-order valence-corrected chi connectivity index (χ4v) is 4.12. The predicted molar refractivity (Wildman–Crippen MR) is 64.6 cm³/mol. The van der Waals surface area contributed by atoms with Gasteiger partial charge in [0, 0.05) is 0 Å². The van der Waals surface area contributed by atoms with E-state index in [0.29, 0.717) is 4.87 Å². The van der Waals surface area contributed by atoms with E-state index in [4.69, 9.17) is 0 Å². The van der Waals surface area contributed by atoms with Crippen LogP contribution in [0.25, 0.3) is 0 Å². The standard InChI is InChI=1S/C12H23NS/c1-10-8-13-12(2,14-9-10)11-6-4-3-5-7-11/h10-11,13H,3-9H2,1-2H3. The molecule has 0 aromatic rings. The van der Waals surface area contributed by atoms with Gasteiger partial charge in [0.25, 0.3) is 0 Å². The highest BCUT2D eigenvalue weighted by molar-refractivity contribution is 8.00. The predicted octanol–water partition coefficient (Wildman–Crippen LogP) is 3.26. The van der Waals surface area contributed by atoms with Gasteiger partial charge in [-0.2, -0.15) is 0 Å². The summed E-state index contributed by atoms with van der Waals surface area (Å²) in [6, 6.07) is 0. The molecule has 1 saturated heterocycles. The van der Waals surface area contributed by atoms with Crippen LogP contribution in [-0.4, -0.2) is 17.2 Å². The average molecular weight is 213 g/mol. The van der Waals surface area contributed by atoms with Gasteiger partial charge in [-0.1, -0.05) is 26.2 Å². The lowest BCUT2D eigenvalue weighted by Gasteiger charge is -2.44. The Balaban J connectivity index is 1.93. The Morgan fingerprint density at radius 2 is 1.93 bits per heavy atom. The molecule has 2 fully saturated rings. The smallest absolute Gasteiger partial charge is 0.0645 e. The van der Waals surface area contributed by atoms with Crippen molar-refractivity contribution in [3.8, 4) is 0 Å². The Bertz CT molecular complexity index is 179. The van der Waals surface area contributed by atoms with Crippen molar-refractivity contribution in [2.45, 2.75) is 50.8 Å². The molecule has 2 unspecified atom stereocenters. The molecule has 0 radical (unpaired) electrons. The number of thioether (sulfide) groups is 1. The zero-order chi connectivity index (χ0) is 10.0. The molecule has 0 aromatic carbocycles. The highest BCUT2D eigenvalue weighted by atomic mass is 32.2. The highest BCUT2D eigenvalue weighted by Crippen LogP contribution is 2.41. The lowest BCUT2D eigenvalue weighted by atomic mass is 9.84. The zero-order valence-electron chi connectivity index (χ0n) is 9.51. The molecule has 1 aliphatic carbocycles. The molecule has 1 nitrogen and oxygen atoms in total. The topological polar surface area (TPSA) is 12.0 Å². The third-order valence-electron chi connectivity index (χ3n) is 3.85. The molecule has 2 aliphatic rings. The van der Waals surface area contributed by atoms with Crippen molar-refractivity contribution < 1.29 is 0 Å². The minimum atomic E-state index is 0.396. The zero-order valence-corrected chi connectivity index (χ0v) is 10.3. The van der Waals surface area contributed by atoms with E-state index in [9.17, 15) is 0 Å². The number of hydrogen-bond donors (Lipinski definition) is 1. The molecular weight excluding hydrogens is 190 g/mol. The van der Waals surface area contributed by atoms with Crippen molar-refractivity contribution in [2.75, 3.05) is 12.3 Å². The maximum absolute atomic E-state index is 3.78. The maximum Gasteiger partial charge on any atom is 0.0645 e. The molecule has 2 rings (SSSR count). The van der Waals surface area contributed by atoms with Gasteiger partial charge < -0.3 is 5.32 Å². The second-order valence-electron chi connectivity index (χ2n) is 5.24. The van der Waals surface area contributed by atoms with Crippen molar-refractivity contribution in [1.82, 2.24) is 5.32 Å². The van der Waals surface area contributed by atoms with Gasteiger partial charge in [0.2, 0.25) is 0 Å². The highest BCUT2D eigenvalue weighted by Gasteiger charge is 2.37. The molecule has 14 heavy (non-hydrogen) atoms. The third-order valence-corrected chi connectivity index (χ3v) is 5.67.